The van der Waals surface area contributed by atoms with Gasteiger partial charge in [0.1, 0.15) is 5.75 Å². The Balaban J connectivity index is 1.98. The Kier molecular flexibility index (Phi) is 4.44. The van der Waals surface area contributed by atoms with Gasteiger partial charge in [0.15, 0.2) is 0 Å². The van der Waals surface area contributed by atoms with Crippen molar-refractivity contribution in [2.45, 2.75) is 6.92 Å². The lowest BCUT2D eigenvalue weighted by molar-refractivity contribution is 0.0955. The van der Waals surface area contributed by atoms with Crippen LogP contribution in [0.1, 0.15) is 21.6 Å². The average molecular weight is 269 g/mol. The number of aromatic nitrogens is 1. The van der Waals surface area contributed by atoms with Crippen molar-refractivity contribution in [1.29, 1.82) is 0 Å². The summed E-state index contributed by atoms with van der Waals surface area (Å²) in [4.78, 5) is 15.8. The molecule has 2 rings (SSSR count). The topological polar surface area (TPSA) is 63.6 Å². The van der Waals surface area contributed by atoms with Crippen molar-refractivity contribution in [2.24, 2.45) is 5.10 Å². The van der Waals surface area contributed by atoms with Crippen molar-refractivity contribution < 1.29 is 9.53 Å². The molecular formula is C15H15N3O2. The molecule has 2 aromatic rings. The number of benzene rings is 1. The van der Waals surface area contributed by atoms with Crippen LogP contribution in [0.15, 0.2) is 47.7 Å². The molecule has 0 spiro atoms. The Hall–Kier alpha value is -2.69. The van der Waals surface area contributed by atoms with Crippen LogP contribution in [0, 0.1) is 6.92 Å². The molecule has 5 nitrogen and oxygen atoms in total. The zero-order valence-electron chi connectivity index (χ0n) is 11.3. The number of ether oxygens (including phenoxy) is 1. The van der Waals surface area contributed by atoms with Crippen molar-refractivity contribution in [3.05, 3.63) is 59.4 Å². The molecule has 1 aromatic carbocycles. The Bertz CT molecular complexity index is 621. The fourth-order valence-electron chi connectivity index (χ4n) is 1.55. The van der Waals surface area contributed by atoms with E-state index in [4.69, 9.17) is 4.74 Å². The fourth-order valence-corrected chi connectivity index (χ4v) is 1.55. The summed E-state index contributed by atoms with van der Waals surface area (Å²) in [7, 11) is 1.60. The molecule has 1 aromatic heterocycles. The molecule has 0 saturated heterocycles. The molecule has 0 fully saturated rings. The smallest absolute Gasteiger partial charge is 0.272 e. The number of hydrogen-bond acceptors (Lipinski definition) is 4. The molecular weight excluding hydrogens is 254 g/mol. The van der Waals surface area contributed by atoms with Gasteiger partial charge in [-0.2, -0.15) is 5.10 Å². The molecule has 0 saturated carbocycles. The summed E-state index contributed by atoms with van der Waals surface area (Å²) in [5, 5.41) is 3.91. The van der Waals surface area contributed by atoms with Crippen molar-refractivity contribution in [3.8, 4) is 5.75 Å². The number of carbonyl (C=O) groups is 1. The van der Waals surface area contributed by atoms with E-state index in [-0.39, 0.29) is 5.91 Å². The monoisotopic (exact) mass is 269 g/mol. The van der Waals surface area contributed by atoms with Gasteiger partial charge >= 0.3 is 0 Å². The minimum absolute atomic E-state index is 0.295. The van der Waals surface area contributed by atoms with Crippen LogP contribution in [0.4, 0.5) is 0 Å². The summed E-state index contributed by atoms with van der Waals surface area (Å²) in [6, 6.07) is 10.9. The highest BCUT2D eigenvalue weighted by Gasteiger charge is 2.03. The van der Waals surface area contributed by atoms with Crippen molar-refractivity contribution in [3.63, 3.8) is 0 Å². The van der Waals surface area contributed by atoms with E-state index in [1.54, 1.807) is 25.5 Å². The Morgan fingerprint density at radius 1 is 1.35 bits per heavy atom. The van der Waals surface area contributed by atoms with Crippen LogP contribution in [0.5, 0.6) is 5.75 Å². The van der Waals surface area contributed by atoms with Gasteiger partial charge in [0.05, 0.1) is 18.9 Å². The molecule has 5 heteroatoms. The van der Waals surface area contributed by atoms with Gasteiger partial charge in [0.25, 0.3) is 5.91 Å². The average Bonchev–Trinajstić information content (AvgIpc) is 2.48. The molecule has 20 heavy (non-hydrogen) atoms. The third-order valence-electron chi connectivity index (χ3n) is 2.65. The molecule has 102 valence electrons. The van der Waals surface area contributed by atoms with Crippen LogP contribution in [-0.4, -0.2) is 24.2 Å². The van der Waals surface area contributed by atoms with Crippen LogP contribution >= 0.6 is 0 Å². The number of hydrazone groups is 1. The highest BCUT2D eigenvalue weighted by atomic mass is 16.5. The first kappa shape index (κ1) is 13.7. The van der Waals surface area contributed by atoms with Gasteiger partial charge in [-0.15, -0.1) is 0 Å². The second-order valence-electron chi connectivity index (χ2n) is 4.16. The van der Waals surface area contributed by atoms with Gasteiger partial charge in [-0.25, -0.2) is 5.43 Å². The number of rotatable bonds is 4. The van der Waals surface area contributed by atoms with Gasteiger partial charge in [-0.3, -0.25) is 9.78 Å². The zero-order chi connectivity index (χ0) is 14.4. The largest absolute Gasteiger partial charge is 0.497 e. The van der Waals surface area contributed by atoms with Crippen LogP contribution in [0.2, 0.25) is 0 Å². The number of methoxy groups -OCH3 is 1. The summed E-state index contributed by atoms with van der Waals surface area (Å²) < 4.78 is 5.11. The molecule has 0 aliphatic carbocycles. The Morgan fingerprint density at radius 2 is 2.20 bits per heavy atom. The van der Waals surface area contributed by atoms with E-state index in [0.29, 0.717) is 5.56 Å². The fraction of sp³-hybridized carbons (Fsp3) is 0.133. The lowest BCUT2D eigenvalue weighted by Crippen LogP contribution is -2.17. The molecule has 0 aliphatic heterocycles. The molecule has 0 radical (unpaired) electrons. The molecule has 1 N–H and O–H groups in total. The van der Waals surface area contributed by atoms with E-state index < -0.39 is 0 Å². The van der Waals surface area contributed by atoms with E-state index in [2.05, 4.69) is 15.5 Å². The molecule has 0 atom stereocenters. The van der Waals surface area contributed by atoms with E-state index >= 15 is 0 Å². The number of pyridine rings is 1. The third-order valence-corrected chi connectivity index (χ3v) is 2.65. The second kappa shape index (κ2) is 6.47. The molecule has 0 unspecified atom stereocenters. The first-order valence-electron chi connectivity index (χ1n) is 6.09. The lowest BCUT2D eigenvalue weighted by Gasteiger charge is -2.01. The van der Waals surface area contributed by atoms with Gasteiger partial charge in [0.2, 0.25) is 0 Å². The predicted molar refractivity (Wildman–Crippen MR) is 77.0 cm³/mol. The number of nitrogens with one attached hydrogen (secondary N) is 1. The zero-order valence-corrected chi connectivity index (χ0v) is 11.3. The molecule has 1 heterocycles. The van der Waals surface area contributed by atoms with Crippen molar-refractivity contribution in [2.75, 3.05) is 7.11 Å². The lowest BCUT2D eigenvalue weighted by atomic mass is 10.2. The van der Waals surface area contributed by atoms with E-state index in [0.717, 1.165) is 17.0 Å². The summed E-state index contributed by atoms with van der Waals surface area (Å²) >= 11 is 0. The molecule has 0 bridgehead atoms. The Labute approximate surface area is 117 Å². The first-order chi connectivity index (χ1) is 9.69. The van der Waals surface area contributed by atoms with Gasteiger partial charge < -0.3 is 4.74 Å². The maximum Gasteiger partial charge on any atom is 0.272 e. The normalized spacial score (nSPS) is 10.5. The maximum atomic E-state index is 11.8. The highest BCUT2D eigenvalue weighted by Crippen LogP contribution is 2.10. The second-order valence-corrected chi connectivity index (χ2v) is 4.16. The molecule has 0 aliphatic rings. The minimum atomic E-state index is -0.295. The third kappa shape index (κ3) is 3.65. The molecule has 1 amide bonds. The van der Waals surface area contributed by atoms with E-state index in [1.807, 2.05) is 31.2 Å². The number of amides is 1. The highest BCUT2D eigenvalue weighted by molar-refractivity contribution is 5.94. The van der Waals surface area contributed by atoms with Crippen LogP contribution in [0.3, 0.4) is 0 Å². The van der Waals surface area contributed by atoms with Crippen LogP contribution in [0.25, 0.3) is 0 Å². The predicted octanol–water partition coefficient (Wildman–Crippen LogP) is 2.16. The van der Waals surface area contributed by atoms with Crippen molar-refractivity contribution in [1.82, 2.24) is 10.4 Å². The summed E-state index contributed by atoms with van der Waals surface area (Å²) in [5.74, 6) is 0.444. The SMILES string of the molecule is COc1cccc(/C=N/NC(=O)c2ccc(C)nc2)c1. The summed E-state index contributed by atoms with van der Waals surface area (Å²) in [5.41, 5.74) is 4.63. The van der Waals surface area contributed by atoms with Crippen molar-refractivity contribution >= 4 is 12.1 Å². The number of carbonyl (C=O) groups excluding carboxylic acids is 1. The summed E-state index contributed by atoms with van der Waals surface area (Å²) in [6.07, 6.45) is 3.08. The quantitative estimate of drug-likeness (QED) is 0.683. The minimum Gasteiger partial charge on any atom is -0.497 e. The van der Waals surface area contributed by atoms with Gasteiger partial charge in [-0.05, 0) is 36.8 Å². The van der Waals surface area contributed by atoms with Gasteiger partial charge in [-0.1, -0.05) is 12.1 Å². The van der Waals surface area contributed by atoms with Crippen LogP contribution in [-0.2, 0) is 0 Å². The number of nitrogens with zero attached hydrogens (tertiary/aromatic N) is 2. The standard InChI is InChI=1S/C15H15N3O2/c1-11-6-7-13(10-16-11)15(19)18-17-9-12-4-3-5-14(8-12)20-2/h3-10H,1-2H3,(H,18,19)/b17-9+. The van der Waals surface area contributed by atoms with E-state index in [9.17, 15) is 4.79 Å². The Morgan fingerprint density at radius 3 is 2.90 bits per heavy atom. The summed E-state index contributed by atoms with van der Waals surface area (Å²) in [6.45, 7) is 1.86. The number of hydrogen-bond donors (Lipinski definition) is 1. The first-order valence-corrected chi connectivity index (χ1v) is 6.09. The van der Waals surface area contributed by atoms with E-state index in [1.165, 1.54) is 6.20 Å². The van der Waals surface area contributed by atoms with Gasteiger partial charge in [0, 0.05) is 11.9 Å². The maximum absolute atomic E-state index is 11.8. The van der Waals surface area contributed by atoms with Crippen LogP contribution < -0.4 is 10.2 Å². The number of aryl methyl sites for hydroxylation is 1.